The van der Waals surface area contributed by atoms with Crippen molar-refractivity contribution in [3.05, 3.63) is 22.6 Å². The Morgan fingerprint density at radius 2 is 1.94 bits per heavy atom. The van der Waals surface area contributed by atoms with Crippen LogP contribution in [0, 0.1) is 0 Å². The van der Waals surface area contributed by atoms with Gasteiger partial charge in [-0.15, -0.1) is 0 Å². The van der Waals surface area contributed by atoms with Crippen LogP contribution < -0.4 is 5.32 Å². The summed E-state index contributed by atoms with van der Waals surface area (Å²) in [4.78, 5) is 0. The van der Waals surface area contributed by atoms with Gasteiger partial charge >= 0.3 is 0 Å². The van der Waals surface area contributed by atoms with Crippen molar-refractivity contribution in [1.82, 2.24) is 5.32 Å². The molecule has 5 heteroatoms. The first kappa shape index (κ1) is 15.7. The van der Waals surface area contributed by atoms with Gasteiger partial charge in [-0.25, -0.2) is 0 Å². The first-order chi connectivity index (χ1) is 8.74. The highest BCUT2D eigenvalue weighted by Crippen LogP contribution is 2.28. The van der Waals surface area contributed by atoms with Crippen molar-refractivity contribution in [3.63, 3.8) is 0 Å². The second-order valence-corrected chi connectivity index (χ2v) is 4.70. The van der Waals surface area contributed by atoms with Crippen molar-refractivity contribution < 1.29 is 13.9 Å². The van der Waals surface area contributed by atoms with Crippen molar-refractivity contribution in [2.24, 2.45) is 0 Å². The summed E-state index contributed by atoms with van der Waals surface area (Å²) in [5.74, 6) is 0.815. The molecular formula is C13H22BrNO3. The summed E-state index contributed by atoms with van der Waals surface area (Å²) in [5.41, 5.74) is 0. The Bertz CT molecular complexity index is 324. The minimum atomic E-state index is -0.339. The maximum Gasteiger partial charge on any atom is 0.179 e. The molecule has 0 spiro atoms. The van der Waals surface area contributed by atoms with Gasteiger partial charge in [-0.2, -0.15) is 0 Å². The van der Waals surface area contributed by atoms with Gasteiger partial charge in [-0.1, -0.05) is 6.92 Å². The van der Waals surface area contributed by atoms with Crippen molar-refractivity contribution in [3.8, 4) is 0 Å². The normalized spacial score (nSPS) is 13.2. The molecule has 104 valence electrons. The molecule has 1 heterocycles. The first-order valence-electron chi connectivity index (χ1n) is 6.44. The minimum Gasteiger partial charge on any atom is -0.466 e. The Balaban J connectivity index is 2.84. The van der Waals surface area contributed by atoms with Crippen molar-refractivity contribution in [1.29, 1.82) is 0 Å². The number of hydrogen-bond donors (Lipinski definition) is 1. The van der Waals surface area contributed by atoms with Gasteiger partial charge in [0.05, 0.1) is 10.7 Å². The predicted molar refractivity (Wildman–Crippen MR) is 74.5 cm³/mol. The van der Waals surface area contributed by atoms with Gasteiger partial charge in [0.2, 0.25) is 0 Å². The van der Waals surface area contributed by atoms with E-state index in [-0.39, 0.29) is 12.3 Å². The van der Waals surface area contributed by atoms with E-state index < -0.39 is 0 Å². The van der Waals surface area contributed by atoms with E-state index in [0.717, 1.165) is 23.2 Å². The van der Waals surface area contributed by atoms with Crippen molar-refractivity contribution >= 4 is 15.9 Å². The third kappa shape index (κ3) is 4.39. The largest absolute Gasteiger partial charge is 0.466 e. The molecule has 0 aliphatic heterocycles. The summed E-state index contributed by atoms with van der Waals surface area (Å²) in [6.45, 7) is 8.13. The van der Waals surface area contributed by atoms with Crippen molar-refractivity contribution in [2.45, 2.75) is 39.5 Å². The van der Waals surface area contributed by atoms with Crippen LogP contribution in [-0.4, -0.2) is 26.0 Å². The van der Waals surface area contributed by atoms with Crippen LogP contribution in [0.2, 0.25) is 0 Å². The zero-order valence-corrected chi connectivity index (χ0v) is 12.8. The molecule has 0 bridgehead atoms. The van der Waals surface area contributed by atoms with Gasteiger partial charge in [0.1, 0.15) is 11.8 Å². The van der Waals surface area contributed by atoms with E-state index in [1.165, 1.54) is 0 Å². The number of rotatable bonds is 9. The molecule has 1 atom stereocenters. The van der Waals surface area contributed by atoms with E-state index in [2.05, 4.69) is 28.2 Å². The number of hydrogen-bond acceptors (Lipinski definition) is 4. The zero-order valence-electron chi connectivity index (χ0n) is 11.2. The third-order valence-electron chi connectivity index (χ3n) is 2.48. The topological polar surface area (TPSA) is 43.6 Å². The molecule has 18 heavy (non-hydrogen) atoms. The lowest BCUT2D eigenvalue weighted by atomic mass is 10.2. The fourth-order valence-corrected chi connectivity index (χ4v) is 2.16. The molecule has 1 aromatic heterocycles. The van der Waals surface area contributed by atoms with Gasteiger partial charge in [-0.05, 0) is 48.8 Å². The summed E-state index contributed by atoms with van der Waals surface area (Å²) in [7, 11) is 0. The van der Waals surface area contributed by atoms with Crippen LogP contribution >= 0.6 is 15.9 Å². The Hall–Kier alpha value is -0.360. The van der Waals surface area contributed by atoms with Gasteiger partial charge in [-0.3, -0.25) is 0 Å². The molecule has 0 saturated carbocycles. The molecule has 0 fully saturated rings. The smallest absolute Gasteiger partial charge is 0.179 e. The Kier molecular flexibility index (Phi) is 7.58. The monoisotopic (exact) mass is 319 g/mol. The fraction of sp³-hybridized carbons (Fsp3) is 0.692. The van der Waals surface area contributed by atoms with Crippen LogP contribution in [0.15, 0.2) is 21.2 Å². The highest BCUT2D eigenvalue weighted by molar-refractivity contribution is 9.10. The molecule has 1 N–H and O–H groups in total. The number of furan rings is 1. The average Bonchev–Trinajstić information content (AvgIpc) is 2.77. The Labute approximate surface area is 117 Å². The molecule has 0 saturated heterocycles. The third-order valence-corrected chi connectivity index (χ3v) is 3.13. The van der Waals surface area contributed by atoms with Crippen LogP contribution in [0.4, 0.5) is 0 Å². The SMILES string of the molecule is CCCNC(c1occc1Br)C(OCC)OCC. The lowest BCUT2D eigenvalue weighted by molar-refractivity contribution is -0.158. The first-order valence-corrected chi connectivity index (χ1v) is 7.23. The molecule has 1 aromatic rings. The van der Waals surface area contributed by atoms with E-state index in [1.807, 2.05) is 19.9 Å². The summed E-state index contributed by atoms with van der Waals surface area (Å²) in [6, 6.07) is 1.78. The maximum atomic E-state index is 5.65. The second kappa shape index (κ2) is 8.69. The molecule has 0 aromatic carbocycles. The lowest BCUT2D eigenvalue weighted by Crippen LogP contribution is -2.36. The molecular weight excluding hydrogens is 298 g/mol. The molecule has 0 aliphatic carbocycles. The summed E-state index contributed by atoms with van der Waals surface area (Å²) < 4.78 is 17.8. The van der Waals surface area contributed by atoms with Crippen LogP contribution in [0.1, 0.15) is 39.0 Å². The zero-order chi connectivity index (χ0) is 13.4. The van der Waals surface area contributed by atoms with Crippen molar-refractivity contribution in [2.75, 3.05) is 19.8 Å². The lowest BCUT2D eigenvalue weighted by Gasteiger charge is -2.26. The summed E-state index contributed by atoms with van der Waals surface area (Å²) in [6.07, 6.45) is 2.36. The highest BCUT2D eigenvalue weighted by Gasteiger charge is 2.28. The Morgan fingerprint density at radius 3 is 2.39 bits per heavy atom. The molecule has 1 rings (SSSR count). The van der Waals surface area contributed by atoms with Crippen LogP contribution in [0.3, 0.4) is 0 Å². The quantitative estimate of drug-likeness (QED) is 0.708. The number of ether oxygens (including phenoxy) is 2. The fourth-order valence-electron chi connectivity index (χ4n) is 1.71. The summed E-state index contributed by atoms with van der Waals surface area (Å²) in [5, 5.41) is 3.41. The molecule has 1 unspecified atom stereocenters. The standard InChI is InChI=1S/C13H22BrNO3/c1-4-8-15-11(12-10(14)7-9-18-12)13(16-5-2)17-6-3/h7,9,11,13,15H,4-6,8H2,1-3H3. The van der Waals surface area contributed by atoms with E-state index in [0.29, 0.717) is 13.2 Å². The van der Waals surface area contributed by atoms with Gasteiger partial charge in [0, 0.05) is 13.2 Å². The minimum absolute atomic E-state index is 0.103. The van der Waals surface area contributed by atoms with Gasteiger partial charge < -0.3 is 19.2 Å². The average molecular weight is 320 g/mol. The number of halogens is 1. The van der Waals surface area contributed by atoms with Gasteiger partial charge in [0.25, 0.3) is 0 Å². The number of nitrogens with one attached hydrogen (secondary N) is 1. The van der Waals surface area contributed by atoms with Crippen LogP contribution in [0.25, 0.3) is 0 Å². The van der Waals surface area contributed by atoms with E-state index in [9.17, 15) is 0 Å². The Morgan fingerprint density at radius 1 is 1.28 bits per heavy atom. The molecule has 0 amide bonds. The van der Waals surface area contributed by atoms with E-state index in [1.54, 1.807) is 6.26 Å². The highest BCUT2D eigenvalue weighted by atomic mass is 79.9. The maximum absolute atomic E-state index is 5.65. The van der Waals surface area contributed by atoms with Crippen LogP contribution in [-0.2, 0) is 9.47 Å². The summed E-state index contributed by atoms with van der Waals surface area (Å²) >= 11 is 3.48. The van der Waals surface area contributed by atoms with Crippen LogP contribution in [0.5, 0.6) is 0 Å². The second-order valence-electron chi connectivity index (χ2n) is 3.84. The van der Waals surface area contributed by atoms with Gasteiger partial charge in [0.15, 0.2) is 6.29 Å². The molecule has 0 radical (unpaired) electrons. The molecule has 0 aliphatic rings. The van der Waals surface area contributed by atoms with E-state index >= 15 is 0 Å². The molecule has 4 nitrogen and oxygen atoms in total. The predicted octanol–water partition coefficient (Wildman–Crippen LogP) is 3.48. The van der Waals surface area contributed by atoms with E-state index in [4.69, 9.17) is 13.9 Å².